The van der Waals surface area contributed by atoms with Crippen molar-refractivity contribution in [3.05, 3.63) is 65.2 Å². The molecule has 3 nitrogen and oxygen atoms in total. The lowest BCUT2D eigenvalue weighted by Gasteiger charge is -2.10. The molecule has 7 heteroatoms. The van der Waals surface area contributed by atoms with Gasteiger partial charge in [0, 0.05) is 6.54 Å². The fraction of sp³-hybridized carbons (Fsp3) is 0.200. The molecule has 0 aromatic heterocycles. The minimum Gasteiger partial charge on any atom is -0.207 e. The first-order chi connectivity index (χ1) is 10.2. The van der Waals surface area contributed by atoms with E-state index in [1.54, 1.807) is 12.1 Å². The summed E-state index contributed by atoms with van der Waals surface area (Å²) >= 11 is 0. The Kier molecular flexibility index (Phi) is 4.58. The minimum atomic E-state index is -4.49. The van der Waals surface area contributed by atoms with Crippen LogP contribution < -0.4 is 4.72 Å². The molecule has 0 fully saturated rings. The Bertz CT molecular complexity index is 753. The van der Waals surface area contributed by atoms with Gasteiger partial charge in [-0.05, 0) is 42.3 Å². The molecule has 22 heavy (non-hydrogen) atoms. The highest BCUT2D eigenvalue weighted by Gasteiger charge is 2.30. The summed E-state index contributed by atoms with van der Waals surface area (Å²) in [4.78, 5) is -0.200. The Morgan fingerprint density at radius 1 is 1.00 bits per heavy atom. The minimum absolute atomic E-state index is 0.0794. The van der Waals surface area contributed by atoms with Gasteiger partial charge < -0.3 is 0 Å². The van der Waals surface area contributed by atoms with Crippen LogP contribution in [-0.2, 0) is 22.7 Å². The van der Waals surface area contributed by atoms with Crippen LogP contribution in [0.15, 0.2) is 53.4 Å². The second kappa shape index (κ2) is 6.10. The van der Waals surface area contributed by atoms with Crippen molar-refractivity contribution in [3.8, 4) is 0 Å². The first-order valence-corrected chi connectivity index (χ1v) is 7.90. The zero-order valence-corrected chi connectivity index (χ0v) is 12.5. The zero-order valence-electron chi connectivity index (χ0n) is 11.7. The van der Waals surface area contributed by atoms with Gasteiger partial charge in [0.1, 0.15) is 0 Å². The SMILES string of the molecule is Cc1ccccc1CNS(=O)(=O)c1ccc(C(F)(F)F)cc1. The summed E-state index contributed by atoms with van der Waals surface area (Å²) < 4.78 is 63.9. The van der Waals surface area contributed by atoms with E-state index in [0.717, 1.165) is 35.4 Å². The third-order valence-corrected chi connectivity index (χ3v) is 4.62. The van der Waals surface area contributed by atoms with E-state index in [9.17, 15) is 21.6 Å². The molecule has 0 aliphatic heterocycles. The lowest BCUT2D eigenvalue weighted by Crippen LogP contribution is -2.23. The Balaban J connectivity index is 2.15. The van der Waals surface area contributed by atoms with Crippen LogP contribution in [0.2, 0.25) is 0 Å². The van der Waals surface area contributed by atoms with Crippen LogP contribution in [0.3, 0.4) is 0 Å². The summed E-state index contributed by atoms with van der Waals surface area (Å²) in [6.45, 7) is 1.93. The maximum atomic E-state index is 12.5. The molecule has 0 atom stereocenters. The second-order valence-electron chi connectivity index (χ2n) is 4.77. The molecule has 2 aromatic rings. The van der Waals surface area contributed by atoms with Gasteiger partial charge in [0.05, 0.1) is 10.5 Å². The van der Waals surface area contributed by atoms with E-state index < -0.39 is 21.8 Å². The quantitative estimate of drug-likeness (QED) is 0.933. The van der Waals surface area contributed by atoms with Crippen molar-refractivity contribution in [3.63, 3.8) is 0 Å². The predicted molar refractivity (Wildman–Crippen MR) is 76.6 cm³/mol. The van der Waals surface area contributed by atoms with E-state index in [-0.39, 0.29) is 11.4 Å². The highest BCUT2D eigenvalue weighted by atomic mass is 32.2. The highest BCUT2D eigenvalue weighted by Crippen LogP contribution is 2.29. The van der Waals surface area contributed by atoms with Crippen molar-refractivity contribution in [1.29, 1.82) is 0 Å². The van der Waals surface area contributed by atoms with E-state index in [1.165, 1.54) is 0 Å². The van der Waals surface area contributed by atoms with Crippen LogP contribution in [0.5, 0.6) is 0 Å². The van der Waals surface area contributed by atoms with Crippen molar-refractivity contribution in [2.45, 2.75) is 24.5 Å². The monoisotopic (exact) mass is 329 g/mol. The number of nitrogens with one attached hydrogen (secondary N) is 1. The third kappa shape index (κ3) is 3.86. The van der Waals surface area contributed by atoms with Crippen molar-refractivity contribution in [1.82, 2.24) is 4.72 Å². The molecule has 0 spiro atoms. The van der Waals surface area contributed by atoms with Crippen LogP contribution in [0.4, 0.5) is 13.2 Å². The van der Waals surface area contributed by atoms with Crippen molar-refractivity contribution < 1.29 is 21.6 Å². The Hall–Kier alpha value is -1.86. The van der Waals surface area contributed by atoms with Gasteiger partial charge in [-0.25, -0.2) is 13.1 Å². The van der Waals surface area contributed by atoms with E-state index in [0.29, 0.717) is 0 Å². The van der Waals surface area contributed by atoms with Crippen LogP contribution in [-0.4, -0.2) is 8.42 Å². The van der Waals surface area contributed by atoms with Gasteiger partial charge in [0.25, 0.3) is 0 Å². The maximum Gasteiger partial charge on any atom is 0.416 e. The maximum absolute atomic E-state index is 12.5. The molecule has 2 rings (SSSR count). The number of alkyl halides is 3. The lowest BCUT2D eigenvalue weighted by molar-refractivity contribution is -0.137. The number of hydrogen-bond donors (Lipinski definition) is 1. The number of benzene rings is 2. The van der Waals surface area contributed by atoms with Crippen molar-refractivity contribution in [2.24, 2.45) is 0 Å². The molecule has 0 aliphatic carbocycles. The second-order valence-corrected chi connectivity index (χ2v) is 6.54. The number of sulfonamides is 1. The van der Waals surface area contributed by atoms with Crippen LogP contribution in [0.25, 0.3) is 0 Å². The highest BCUT2D eigenvalue weighted by molar-refractivity contribution is 7.89. The molecule has 0 aliphatic rings. The summed E-state index contributed by atoms with van der Waals surface area (Å²) in [5, 5.41) is 0. The summed E-state index contributed by atoms with van der Waals surface area (Å²) in [5.41, 5.74) is 0.848. The molecule has 0 saturated heterocycles. The van der Waals surface area contributed by atoms with Gasteiger partial charge >= 0.3 is 6.18 Å². The Labute approximate surface area is 126 Å². The van der Waals surface area contributed by atoms with Crippen LogP contribution >= 0.6 is 0 Å². The molecule has 1 N–H and O–H groups in total. The summed E-state index contributed by atoms with van der Waals surface area (Å²) in [5.74, 6) is 0. The molecule has 0 radical (unpaired) electrons. The first kappa shape index (κ1) is 16.5. The first-order valence-electron chi connectivity index (χ1n) is 6.41. The molecule has 0 unspecified atom stereocenters. The fourth-order valence-electron chi connectivity index (χ4n) is 1.89. The van der Waals surface area contributed by atoms with Gasteiger partial charge in [-0.1, -0.05) is 24.3 Å². The number of hydrogen-bond acceptors (Lipinski definition) is 2. The smallest absolute Gasteiger partial charge is 0.207 e. The van der Waals surface area contributed by atoms with E-state index in [2.05, 4.69) is 4.72 Å². The molecule has 0 saturated carbocycles. The van der Waals surface area contributed by atoms with Gasteiger partial charge in [-0.15, -0.1) is 0 Å². The number of aryl methyl sites for hydroxylation is 1. The van der Waals surface area contributed by atoms with Crippen LogP contribution in [0.1, 0.15) is 16.7 Å². The van der Waals surface area contributed by atoms with E-state index >= 15 is 0 Å². The summed E-state index contributed by atoms with van der Waals surface area (Å²) in [6.07, 6.45) is -4.49. The molecule has 0 heterocycles. The number of halogens is 3. The molecule has 0 amide bonds. The van der Waals surface area contributed by atoms with Gasteiger partial charge in [0.2, 0.25) is 10.0 Å². The molecule has 0 bridgehead atoms. The normalized spacial score (nSPS) is 12.4. The molecular weight excluding hydrogens is 315 g/mol. The standard InChI is InChI=1S/C15H14F3NO2S/c1-11-4-2-3-5-12(11)10-19-22(20,21)14-8-6-13(7-9-14)15(16,17)18/h2-9,19H,10H2,1H3. The zero-order chi connectivity index (χ0) is 16.4. The third-order valence-electron chi connectivity index (χ3n) is 3.21. The average molecular weight is 329 g/mol. The van der Waals surface area contributed by atoms with Gasteiger partial charge in [-0.3, -0.25) is 0 Å². The largest absolute Gasteiger partial charge is 0.416 e. The topological polar surface area (TPSA) is 46.2 Å². The lowest BCUT2D eigenvalue weighted by atomic mass is 10.1. The number of rotatable bonds is 4. The van der Waals surface area contributed by atoms with E-state index in [4.69, 9.17) is 0 Å². The van der Waals surface area contributed by atoms with Crippen LogP contribution in [0, 0.1) is 6.92 Å². The van der Waals surface area contributed by atoms with Gasteiger partial charge in [0.15, 0.2) is 0 Å². The van der Waals surface area contributed by atoms with E-state index in [1.807, 2.05) is 19.1 Å². The predicted octanol–water partition coefficient (Wildman–Crippen LogP) is 3.49. The van der Waals surface area contributed by atoms with Crippen molar-refractivity contribution in [2.75, 3.05) is 0 Å². The fourth-order valence-corrected chi connectivity index (χ4v) is 2.89. The summed E-state index contributed by atoms with van der Waals surface area (Å²) in [7, 11) is -3.85. The molecule has 2 aromatic carbocycles. The van der Waals surface area contributed by atoms with Crippen molar-refractivity contribution >= 4 is 10.0 Å². The summed E-state index contributed by atoms with van der Waals surface area (Å²) in [6, 6.07) is 10.7. The molecule has 118 valence electrons. The van der Waals surface area contributed by atoms with Gasteiger partial charge in [-0.2, -0.15) is 13.2 Å². The average Bonchev–Trinajstić information content (AvgIpc) is 2.46. The Morgan fingerprint density at radius 3 is 2.14 bits per heavy atom. The Morgan fingerprint density at radius 2 is 1.59 bits per heavy atom. The molecular formula is C15H14F3NO2S.